The second-order valence-electron chi connectivity index (χ2n) is 5.92. The molecule has 0 atom stereocenters. The van der Waals surface area contributed by atoms with Gasteiger partial charge < -0.3 is 4.74 Å². The minimum atomic E-state index is -0.901. The molecule has 0 spiro atoms. The minimum absolute atomic E-state index is 0.490. The molecule has 0 aromatic heterocycles. The van der Waals surface area contributed by atoms with Crippen molar-refractivity contribution in [2.45, 2.75) is 58.8 Å². The molecule has 142 valence electrons. The molecule has 0 saturated carbocycles. The fourth-order valence-corrected chi connectivity index (χ4v) is 2.56. The van der Waals surface area contributed by atoms with Gasteiger partial charge in [0.1, 0.15) is 0 Å². The fourth-order valence-electron chi connectivity index (χ4n) is 2.56. The van der Waals surface area contributed by atoms with Gasteiger partial charge in [0.25, 0.3) is 5.75 Å². The molecular weight excluding hydrogens is 340 g/mol. The molecule has 0 N–H and O–H groups in total. The number of hydrogen-bond acceptors (Lipinski definition) is 6. The van der Waals surface area contributed by atoms with Gasteiger partial charge in [-0.3, -0.25) is 20.2 Å². The Morgan fingerprint density at radius 1 is 1.04 bits per heavy atom. The maximum Gasteiger partial charge on any atom is 0.336 e. The number of benzene rings is 1. The molecule has 0 fully saturated rings. The predicted octanol–water partition coefficient (Wildman–Crippen LogP) is 4.89. The first-order chi connectivity index (χ1) is 12.4. The summed E-state index contributed by atoms with van der Waals surface area (Å²) < 4.78 is 4.86. The number of nitro groups is 2. The standard InChI is InChI=1S/C18H24N2O6/c1-3-5-6-7-8-9-11-14-12-15(19(22)23)18(16(13-14)20(24)25)26-17(21)10-4-2/h4,10,12-13H,3,5-9,11H2,1-2H3/b10-4-. The summed E-state index contributed by atoms with van der Waals surface area (Å²) in [5, 5.41) is 22.6. The van der Waals surface area contributed by atoms with E-state index in [4.69, 9.17) is 4.74 Å². The van der Waals surface area contributed by atoms with E-state index in [0.717, 1.165) is 38.2 Å². The third-order valence-corrected chi connectivity index (χ3v) is 3.83. The van der Waals surface area contributed by atoms with Crippen molar-refractivity contribution in [2.75, 3.05) is 0 Å². The normalized spacial score (nSPS) is 10.8. The summed E-state index contributed by atoms with van der Waals surface area (Å²) in [5.41, 5.74) is -0.652. The van der Waals surface area contributed by atoms with Gasteiger partial charge in [0.15, 0.2) is 0 Å². The van der Waals surface area contributed by atoms with Crippen LogP contribution in [-0.2, 0) is 11.2 Å². The fraction of sp³-hybridized carbons (Fsp3) is 0.500. The van der Waals surface area contributed by atoms with Gasteiger partial charge in [-0.2, -0.15) is 0 Å². The van der Waals surface area contributed by atoms with E-state index in [1.807, 2.05) is 0 Å². The molecule has 0 saturated heterocycles. The molecule has 0 aliphatic carbocycles. The number of nitrogens with zero attached hydrogens (tertiary/aromatic N) is 2. The summed E-state index contributed by atoms with van der Waals surface area (Å²) in [7, 11) is 0. The number of allylic oxidation sites excluding steroid dienone is 1. The monoisotopic (exact) mass is 364 g/mol. The van der Waals surface area contributed by atoms with Crippen LogP contribution in [-0.4, -0.2) is 15.8 Å². The maximum atomic E-state index is 11.6. The highest BCUT2D eigenvalue weighted by molar-refractivity contribution is 5.86. The van der Waals surface area contributed by atoms with Gasteiger partial charge in [-0.05, 0) is 25.3 Å². The van der Waals surface area contributed by atoms with Crippen LogP contribution in [0.15, 0.2) is 24.3 Å². The van der Waals surface area contributed by atoms with Gasteiger partial charge in [0, 0.05) is 18.2 Å². The van der Waals surface area contributed by atoms with Crippen LogP contribution in [0.5, 0.6) is 5.75 Å². The number of aryl methyl sites for hydroxylation is 1. The van der Waals surface area contributed by atoms with E-state index in [2.05, 4.69) is 6.92 Å². The largest absolute Gasteiger partial charge is 0.409 e. The number of rotatable bonds is 11. The Labute approximate surface area is 152 Å². The lowest BCUT2D eigenvalue weighted by Gasteiger charge is -2.07. The van der Waals surface area contributed by atoms with Gasteiger partial charge in [-0.25, -0.2) is 4.79 Å². The van der Waals surface area contributed by atoms with Crippen LogP contribution in [0.2, 0.25) is 0 Å². The number of ether oxygens (including phenoxy) is 1. The highest BCUT2D eigenvalue weighted by atomic mass is 16.6. The Morgan fingerprint density at radius 2 is 1.58 bits per heavy atom. The zero-order chi connectivity index (χ0) is 19.5. The Balaban J connectivity index is 3.03. The number of carbonyl (C=O) groups excluding carboxylic acids is 1. The summed E-state index contributed by atoms with van der Waals surface area (Å²) in [5.74, 6) is -1.53. The molecule has 1 aromatic carbocycles. The zero-order valence-corrected chi connectivity index (χ0v) is 15.1. The van der Waals surface area contributed by atoms with Crippen molar-refractivity contribution in [3.05, 3.63) is 50.1 Å². The summed E-state index contributed by atoms with van der Waals surface area (Å²) in [6.07, 6.45) is 9.18. The maximum absolute atomic E-state index is 11.6. The van der Waals surface area contributed by atoms with Crippen LogP contribution in [0.4, 0.5) is 11.4 Å². The number of unbranched alkanes of at least 4 members (excludes halogenated alkanes) is 5. The Morgan fingerprint density at radius 3 is 2.08 bits per heavy atom. The van der Waals surface area contributed by atoms with Crippen LogP contribution >= 0.6 is 0 Å². The number of carbonyl (C=O) groups is 1. The van der Waals surface area contributed by atoms with Gasteiger partial charge in [0.05, 0.1) is 9.85 Å². The third kappa shape index (κ3) is 6.62. The Kier molecular flexibility index (Phi) is 8.97. The lowest BCUT2D eigenvalue weighted by atomic mass is 10.0. The van der Waals surface area contributed by atoms with Crippen molar-refractivity contribution in [1.29, 1.82) is 0 Å². The molecule has 0 aliphatic heterocycles. The zero-order valence-electron chi connectivity index (χ0n) is 15.1. The first-order valence-corrected chi connectivity index (χ1v) is 8.70. The SMILES string of the molecule is C/C=C\C(=O)Oc1c([N+](=O)[O-])cc(CCCCCCCC)cc1[N+](=O)[O-]. The first-order valence-electron chi connectivity index (χ1n) is 8.70. The summed E-state index contributed by atoms with van der Waals surface area (Å²) in [6, 6.07) is 2.49. The van der Waals surface area contributed by atoms with E-state index in [9.17, 15) is 25.0 Å². The molecule has 26 heavy (non-hydrogen) atoms. The molecule has 0 unspecified atom stereocenters. The van der Waals surface area contributed by atoms with Crippen molar-refractivity contribution in [2.24, 2.45) is 0 Å². The van der Waals surface area contributed by atoms with Crippen LogP contribution in [0, 0.1) is 20.2 Å². The second kappa shape index (κ2) is 11.0. The van der Waals surface area contributed by atoms with Crippen molar-refractivity contribution < 1.29 is 19.4 Å². The van der Waals surface area contributed by atoms with E-state index in [1.54, 1.807) is 6.92 Å². The quantitative estimate of drug-likeness (QED) is 0.138. The molecule has 0 aliphatic rings. The Hall–Kier alpha value is -2.77. The van der Waals surface area contributed by atoms with Crippen LogP contribution in [0.25, 0.3) is 0 Å². The van der Waals surface area contributed by atoms with E-state index >= 15 is 0 Å². The van der Waals surface area contributed by atoms with Gasteiger partial charge >= 0.3 is 17.3 Å². The predicted molar refractivity (Wildman–Crippen MR) is 97.3 cm³/mol. The molecular formula is C18H24N2O6. The number of hydrogen-bond donors (Lipinski definition) is 0. The second-order valence-corrected chi connectivity index (χ2v) is 5.92. The first kappa shape index (κ1) is 21.3. The molecule has 0 radical (unpaired) electrons. The van der Waals surface area contributed by atoms with E-state index < -0.39 is 32.9 Å². The van der Waals surface area contributed by atoms with E-state index in [0.29, 0.717) is 12.0 Å². The molecule has 0 bridgehead atoms. The van der Waals surface area contributed by atoms with Crippen LogP contribution < -0.4 is 4.74 Å². The van der Waals surface area contributed by atoms with Crippen molar-refractivity contribution in [3.8, 4) is 5.75 Å². The van der Waals surface area contributed by atoms with Crippen molar-refractivity contribution >= 4 is 17.3 Å². The topological polar surface area (TPSA) is 113 Å². The van der Waals surface area contributed by atoms with E-state index in [-0.39, 0.29) is 0 Å². The number of esters is 1. The molecule has 8 heteroatoms. The minimum Gasteiger partial charge on any atom is -0.409 e. The van der Waals surface area contributed by atoms with Crippen molar-refractivity contribution in [1.82, 2.24) is 0 Å². The molecule has 8 nitrogen and oxygen atoms in total. The average Bonchev–Trinajstić information content (AvgIpc) is 2.58. The molecule has 0 amide bonds. The van der Waals surface area contributed by atoms with E-state index in [1.165, 1.54) is 24.6 Å². The van der Waals surface area contributed by atoms with Crippen molar-refractivity contribution in [3.63, 3.8) is 0 Å². The summed E-state index contributed by atoms with van der Waals surface area (Å²) >= 11 is 0. The lowest BCUT2D eigenvalue weighted by Crippen LogP contribution is -2.09. The smallest absolute Gasteiger partial charge is 0.336 e. The Bertz CT molecular complexity index is 649. The highest BCUT2D eigenvalue weighted by Crippen LogP contribution is 2.38. The molecule has 1 rings (SSSR count). The highest BCUT2D eigenvalue weighted by Gasteiger charge is 2.30. The van der Waals surface area contributed by atoms with Crippen LogP contribution in [0.1, 0.15) is 57.9 Å². The van der Waals surface area contributed by atoms with Gasteiger partial charge in [0.2, 0.25) is 0 Å². The van der Waals surface area contributed by atoms with Gasteiger partial charge in [-0.1, -0.05) is 45.1 Å². The lowest BCUT2D eigenvalue weighted by molar-refractivity contribution is -0.395. The molecule has 0 heterocycles. The summed E-state index contributed by atoms with van der Waals surface area (Å²) in [6.45, 7) is 3.69. The van der Waals surface area contributed by atoms with Crippen LogP contribution in [0.3, 0.4) is 0 Å². The average molecular weight is 364 g/mol. The van der Waals surface area contributed by atoms with Gasteiger partial charge in [-0.15, -0.1) is 0 Å². The third-order valence-electron chi connectivity index (χ3n) is 3.83. The number of nitro benzene ring substituents is 2. The molecule has 1 aromatic rings. The summed E-state index contributed by atoms with van der Waals surface area (Å²) in [4.78, 5) is 32.7.